The van der Waals surface area contributed by atoms with Crippen molar-refractivity contribution >= 4 is 11.3 Å². The summed E-state index contributed by atoms with van der Waals surface area (Å²) in [5.74, 6) is 1.20. The fraction of sp³-hybridized carbons (Fsp3) is 0.562. The maximum Gasteiger partial charge on any atom is 0.122 e. The molecule has 0 aromatic carbocycles. The summed E-state index contributed by atoms with van der Waals surface area (Å²) in [7, 11) is 0. The molecule has 5 heteroatoms. The number of hydrogen-bond donors (Lipinski definition) is 0. The van der Waals surface area contributed by atoms with E-state index in [1.807, 2.05) is 17.5 Å². The normalized spacial score (nSPS) is 17.4. The second-order valence-electron chi connectivity index (χ2n) is 5.58. The Morgan fingerprint density at radius 3 is 2.71 bits per heavy atom. The average Bonchev–Trinajstić information content (AvgIpc) is 3.17. The SMILES string of the molecule is CCn1ccnc1CN1CCN(CCc2cccs2)CC1. The number of piperazine rings is 1. The van der Waals surface area contributed by atoms with E-state index in [1.165, 1.54) is 36.8 Å². The molecular weight excluding hydrogens is 280 g/mol. The summed E-state index contributed by atoms with van der Waals surface area (Å²) in [6.45, 7) is 10.0. The third-order valence-corrected chi connectivity index (χ3v) is 5.16. The Hall–Kier alpha value is -1.17. The fourth-order valence-electron chi connectivity index (χ4n) is 2.87. The molecule has 4 nitrogen and oxygen atoms in total. The lowest BCUT2D eigenvalue weighted by Crippen LogP contribution is -2.46. The van der Waals surface area contributed by atoms with Gasteiger partial charge in [0, 0.05) is 56.5 Å². The van der Waals surface area contributed by atoms with E-state index < -0.39 is 0 Å². The summed E-state index contributed by atoms with van der Waals surface area (Å²) in [4.78, 5) is 11.1. The minimum absolute atomic E-state index is 0.986. The van der Waals surface area contributed by atoms with Crippen LogP contribution < -0.4 is 0 Å². The first-order valence-electron chi connectivity index (χ1n) is 7.82. The highest BCUT2D eigenvalue weighted by Crippen LogP contribution is 2.12. The molecule has 0 aliphatic carbocycles. The minimum atomic E-state index is 0.986. The van der Waals surface area contributed by atoms with Crippen molar-refractivity contribution in [3.05, 3.63) is 40.6 Å². The predicted molar refractivity (Wildman–Crippen MR) is 87.6 cm³/mol. The van der Waals surface area contributed by atoms with Crippen LogP contribution in [0.4, 0.5) is 0 Å². The summed E-state index contributed by atoms with van der Waals surface area (Å²) >= 11 is 1.87. The monoisotopic (exact) mass is 304 g/mol. The second kappa shape index (κ2) is 7.20. The summed E-state index contributed by atoms with van der Waals surface area (Å²) in [6, 6.07) is 4.39. The maximum atomic E-state index is 4.48. The zero-order chi connectivity index (χ0) is 14.5. The highest BCUT2D eigenvalue weighted by molar-refractivity contribution is 7.09. The maximum absolute atomic E-state index is 4.48. The van der Waals surface area contributed by atoms with Crippen LogP contribution in [0.25, 0.3) is 0 Å². The first-order chi connectivity index (χ1) is 10.3. The zero-order valence-electron chi connectivity index (χ0n) is 12.7. The minimum Gasteiger partial charge on any atom is -0.334 e. The molecule has 2 aromatic rings. The molecule has 3 rings (SSSR count). The van der Waals surface area contributed by atoms with Gasteiger partial charge in [0.05, 0.1) is 6.54 Å². The summed E-state index contributed by atoms with van der Waals surface area (Å²) in [6.07, 6.45) is 5.18. The van der Waals surface area contributed by atoms with Gasteiger partial charge in [-0.3, -0.25) is 4.90 Å². The molecule has 114 valence electrons. The van der Waals surface area contributed by atoms with Crippen molar-refractivity contribution in [1.82, 2.24) is 19.4 Å². The molecule has 1 aliphatic rings. The van der Waals surface area contributed by atoms with Gasteiger partial charge in [-0.2, -0.15) is 0 Å². The molecule has 0 spiro atoms. The molecule has 0 bridgehead atoms. The van der Waals surface area contributed by atoms with Gasteiger partial charge in [0.15, 0.2) is 0 Å². The average molecular weight is 304 g/mol. The van der Waals surface area contributed by atoms with Gasteiger partial charge in [-0.1, -0.05) is 6.07 Å². The smallest absolute Gasteiger partial charge is 0.122 e. The Morgan fingerprint density at radius 2 is 2.00 bits per heavy atom. The fourth-order valence-corrected chi connectivity index (χ4v) is 3.57. The van der Waals surface area contributed by atoms with E-state index in [9.17, 15) is 0 Å². The van der Waals surface area contributed by atoms with Crippen molar-refractivity contribution in [3.8, 4) is 0 Å². The van der Waals surface area contributed by atoms with E-state index in [0.29, 0.717) is 0 Å². The molecule has 1 fully saturated rings. The topological polar surface area (TPSA) is 24.3 Å². The molecule has 0 saturated carbocycles. The lowest BCUT2D eigenvalue weighted by Gasteiger charge is -2.34. The Morgan fingerprint density at radius 1 is 1.19 bits per heavy atom. The van der Waals surface area contributed by atoms with Crippen LogP contribution >= 0.6 is 11.3 Å². The third-order valence-electron chi connectivity index (χ3n) is 4.23. The highest BCUT2D eigenvalue weighted by Gasteiger charge is 2.18. The van der Waals surface area contributed by atoms with E-state index in [2.05, 4.69) is 50.0 Å². The number of aromatic nitrogens is 2. The lowest BCUT2D eigenvalue weighted by molar-refractivity contribution is 0.125. The van der Waals surface area contributed by atoms with Crippen molar-refractivity contribution < 1.29 is 0 Å². The van der Waals surface area contributed by atoms with Gasteiger partial charge in [-0.15, -0.1) is 11.3 Å². The van der Waals surface area contributed by atoms with Gasteiger partial charge in [-0.25, -0.2) is 4.98 Å². The van der Waals surface area contributed by atoms with Crippen LogP contribution in [0, 0.1) is 0 Å². The first-order valence-corrected chi connectivity index (χ1v) is 8.70. The van der Waals surface area contributed by atoms with Crippen LogP contribution in [0.2, 0.25) is 0 Å². The van der Waals surface area contributed by atoms with Crippen LogP contribution in [0.15, 0.2) is 29.9 Å². The van der Waals surface area contributed by atoms with Crippen molar-refractivity contribution in [1.29, 1.82) is 0 Å². The first kappa shape index (κ1) is 14.8. The van der Waals surface area contributed by atoms with Crippen LogP contribution in [0.3, 0.4) is 0 Å². The molecule has 0 N–H and O–H groups in total. The number of imidazole rings is 1. The molecule has 0 amide bonds. The van der Waals surface area contributed by atoms with Gasteiger partial charge in [0.25, 0.3) is 0 Å². The van der Waals surface area contributed by atoms with Gasteiger partial charge in [0.1, 0.15) is 5.82 Å². The van der Waals surface area contributed by atoms with Crippen LogP contribution in [-0.2, 0) is 19.5 Å². The van der Waals surface area contributed by atoms with Crippen molar-refractivity contribution in [3.63, 3.8) is 0 Å². The van der Waals surface area contributed by atoms with Crippen LogP contribution in [0.5, 0.6) is 0 Å². The van der Waals surface area contributed by atoms with Gasteiger partial charge in [-0.05, 0) is 24.8 Å². The van der Waals surface area contributed by atoms with Gasteiger partial charge < -0.3 is 9.47 Å². The van der Waals surface area contributed by atoms with E-state index in [-0.39, 0.29) is 0 Å². The standard InChI is InChI=1S/C16H24N4S/c1-2-20-8-6-17-16(20)14-19-11-9-18(10-12-19)7-5-15-4-3-13-21-15/h3-4,6,8,13H,2,5,7,9-12,14H2,1H3. The Labute approximate surface area is 131 Å². The molecule has 0 unspecified atom stereocenters. The van der Waals surface area contributed by atoms with E-state index in [4.69, 9.17) is 0 Å². The Bertz CT molecular complexity index is 526. The molecular formula is C16H24N4S. The van der Waals surface area contributed by atoms with E-state index in [0.717, 1.165) is 26.2 Å². The number of rotatable bonds is 6. The number of hydrogen-bond acceptors (Lipinski definition) is 4. The predicted octanol–water partition coefficient (Wildman–Crippen LogP) is 2.32. The molecule has 21 heavy (non-hydrogen) atoms. The van der Waals surface area contributed by atoms with Crippen LogP contribution in [-0.4, -0.2) is 52.1 Å². The molecule has 1 aliphatic heterocycles. The summed E-state index contributed by atoms with van der Waals surface area (Å²) in [5, 5.41) is 2.17. The van der Waals surface area contributed by atoms with Crippen LogP contribution in [0.1, 0.15) is 17.6 Å². The van der Waals surface area contributed by atoms with Crippen molar-refractivity contribution in [2.75, 3.05) is 32.7 Å². The lowest BCUT2D eigenvalue weighted by atomic mass is 10.2. The molecule has 0 atom stereocenters. The largest absolute Gasteiger partial charge is 0.334 e. The third kappa shape index (κ3) is 3.93. The number of thiophene rings is 1. The Kier molecular flexibility index (Phi) is 5.06. The molecule has 3 heterocycles. The zero-order valence-corrected chi connectivity index (χ0v) is 13.6. The van der Waals surface area contributed by atoms with Gasteiger partial charge in [0.2, 0.25) is 0 Å². The van der Waals surface area contributed by atoms with Crippen molar-refractivity contribution in [2.24, 2.45) is 0 Å². The quantitative estimate of drug-likeness (QED) is 0.818. The summed E-state index contributed by atoms with van der Waals surface area (Å²) in [5.41, 5.74) is 0. The Balaban J connectivity index is 1.42. The van der Waals surface area contributed by atoms with E-state index >= 15 is 0 Å². The van der Waals surface area contributed by atoms with E-state index in [1.54, 1.807) is 0 Å². The van der Waals surface area contributed by atoms with Gasteiger partial charge >= 0.3 is 0 Å². The number of aryl methyl sites for hydroxylation is 1. The second-order valence-corrected chi connectivity index (χ2v) is 6.61. The number of nitrogens with zero attached hydrogens (tertiary/aromatic N) is 4. The summed E-state index contributed by atoms with van der Waals surface area (Å²) < 4.78 is 2.24. The molecule has 0 radical (unpaired) electrons. The highest BCUT2D eigenvalue weighted by atomic mass is 32.1. The van der Waals surface area contributed by atoms with Crippen molar-refractivity contribution in [2.45, 2.75) is 26.4 Å². The molecule has 1 saturated heterocycles. The molecule has 2 aromatic heterocycles.